The van der Waals surface area contributed by atoms with E-state index in [1.54, 1.807) is 24.3 Å². The van der Waals surface area contributed by atoms with E-state index in [0.29, 0.717) is 10.6 Å². The smallest absolute Gasteiger partial charge is 0.253 e. The van der Waals surface area contributed by atoms with Gasteiger partial charge in [0.2, 0.25) is 0 Å². The Bertz CT molecular complexity index is 834. The molecule has 23 heavy (non-hydrogen) atoms. The number of hydrogen-bond donors (Lipinski definition) is 1. The maximum absolute atomic E-state index is 12.1. The van der Waals surface area contributed by atoms with Crippen molar-refractivity contribution < 1.29 is 13.2 Å². The first-order chi connectivity index (χ1) is 10.7. The van der Waals surface area contributed by atoms with Gasteiger partial charge in [0.25, 0.3) is 15.9 Å². The number of hydrogen-bond acceptors (Lipinski definition) is 4. The van der Waals surface area contributed by atoms with Gasteiger partial charge in [0.15, 0.2) is 0 Å². The number of carbonyl (C=O) groups excluding carboxylic acids is 1. The third kappa shape index (κ3) is 4.33. The Labute approximate surface area is 152 Å². The van der Waals surface area contributed by atoms with E-state index < -0.39 is 10.0 Å². The summed E-state index contributed by atoms with van der Waals surface area (Å²) in [5.74, 6) is -0.312. The first-order valence-corrected chi connectivity index (χ1v) is 9.89. The molecule has 2 aromatic rings. The van der Waals surface area contributed by atoms with Gasteiger partial charge in [-0.15, -0.1) is 11.3 Å². The highest BCUT2D eigenvalue weighted by Crippen LogP contribution is 2.24. The van der Waals surface area contributed by atoms with Crippen LogP contribution >= 0.6 is 38.9 Å². The van der Waals surface area contributed by atoms with Gasteiger partial charge in [-0.25, -0.2) is 12.7 Å². The van der Waals surface area contributed by atoms with Crippen molar-refractivity contribution in [3.63, 3.8) is 0 Å². The number of benzene rings is 1. The van der Waals surface area contributed by atoms with Crippen LogP contribution < -0.4 is 5.32 Å². The standard InChI is InChI=1S/C14H14BrClN2O3S2/c1-18(2)23(20,21)13-6-4-10(22-13)8-17-14(19)11-5-3-9(15)7-12(11)16/h3-7H,8H2,1-2H3,(H,17,19). The molecule has 0 radical (unpaired) electrons. The number of nitrogens with zero attached hydrogens (tertiary/aromatic N) is 1. The van der Waals surface area contributed by atoms with Crippen LogP contribution in [0, 0.1) is 0 Å². The van der Waals surface area contributed by atoms with E-state index in [-0.39, 0.29) is 16.7 Å². The van der Waals surface area contributed by atoms with Crippen LogP contribution in [-0.2, 0) is 16.6 Å². The summed E-state index contributed by atoms with van der Waals surface area (Å²) in [6, 6.07) is 8.22. The fourth-order valence-electron chi connectivity index (χ4n) is 1.71. The number of nitrogens with one attached hydrogen (secondary N) is 1. The van der Waals surface area contributed by atoms with Crippen LogP contribution in [0.5, 0.6) is 0 Å². The van der Waals surface area contributed by atoms with Crippen LogP contribution in [0.15, 0.2) is 39.0 Å². The van der Waals surface area contributed by atoms with E-state index in [4.69, 9.17) is 11.6 Å². The molecule has 0 aliphatic carbocycles. The zero-order valence-corrected chi connectivity index (χ0v) is 16.3. The van der Waals surface area contributed by atoms with Crippen LogP contribution in [-0.4, -0.2) is 32.7 Å². The van der Waals surface area contributed by atoms with Crippen molar-refractivity contribution in [3.8, 4) is 0 Å². The lowest BCUT2D eigenvalue weighted by molar-refractivity contribution is 0.0951. The molecule has 1 heterocycles. The van der Waals surface area contributed by atoms with Crippen molar-refractivity contribution in [1.82, 2.24) is 9.62 Å². The largest absolute Gasteiger partial charge is 0.347 e. The number of sulfonamides is 1. The van der Waals surface area contributed by atoms with E-state index in [1.807, 2.05) is 0 Å². The van der Waals surface area contributed by atoms with Crippen LogP contribution in [0.25, 0.3) is 0 Å². The third-order valence-corrected chi connectivity index (χ3v) is 7.14. The summed E-state index contributed by atoms with van der Waals surface area (Å²) in [5, 5.41) is 3.08. The minimum absolute atomic E-state index is 0.235. The Balaban J connectivity index is 2.07. The van der Waals surface area contributed by atoms with Gasteiger partial charge in [-0.05, 0) is 30.3 Å². The van der Waals surface area contributed by atoms with E-state index in [0.717, 1.165) is 25.0 Å². The summed E-state index contributed by atoms with van der Waals surface area (Å²) < 4.78 is 26.2. The van der Waals surface area contributed by atoms with Crippen molar-refractivity contribution in [2.45, 2.75) is 10.8 Å². The van der Waals surface area contributed by atoms with Crippen LogP contribution in [0.2, 0.25) is 5.02 Å². The molecule has 2 rings (SSSR count). The zero-order chi connectivity index (χ0) is 17.2. The van der Waals surface area contributed by atoms with Gasteiger partial charge < -0.3 is 5.32 Å². The normalized spacial score (nSPS) is 11.7. The fourth-order valence-corrected chi connectivity index (χ4v) is 4.93. The number of amides is 1. The van der Waals surface area contributed by atoms with Crippen molar-refractivity contribution >= 4 is 54.8 Å². The van der Waals surface area contributed by atoms with Gasteiger partial charge in [0.1, 0.15) is 4.21 Å². The molecule has 1 amide bonds. The van der Waals surface area contributed by atoms with Gasteiger partial charge in [0.05, 0.1) is 17.1 Å². The summed E-state index contributed by atoms with van der Waals surface area (Å²) in [6.07, 6.45) is 0. The van der Waals surface area contributed by atoms with Crippen molar-refractivity contribution in [2.24, 2.45) is 0 Å². The molecule has 0 aliphatic heterocycles. The molecule has 124 valence electrons. The molecule has 1 N–H and O–H groups in total. The lowest BCUT2D eigenvalue weighted by Gasteiger charge is -2.08. The second-order valence-corrected chi connectivity index (χ2v) is 9.68. The summed E-state index contributed by atoms with van der Waals surface area (Å²) in [7, 11) is -0.489. The minimum Gasteiger partial charge on any atom is -0.347 e. The second-order valence-electron chi connectivity index (χ2n) is 4.82. The average molecular weight is 438 g/mol. The van der Waals surface area contributed by atoms with Crippen molar-refractivity contribution in [2.75, 3.05) is 14.1 Å². The lowest BCUT2D eigenvalue weighted by Crippen LogP contribution is -2.22. The number of rotatable bonds is 5. The zero-order valence-electron chi connectivity index (χ0n) is 12.3. The molecule has 9 heteroatoms. The molecule has 0 spiro atoms. The van der Waals surface area contributed by atoms with Gasteiger partial charge >= 0.3 is 0 Å². The van der Waals surface area contributed by atoms with E-state index in [1.165, 1.54) is 20.2 Å². The Morgan fingerprint density at radius 3 is 2.61 bits per heavy atom. The summed E-state index contributed by atoms with van der Waals surface area (Å²) in [6.45, 7) is 0.235. The van der Waals surface area contributed by atoms with Gasteiger partial charge in [-0.3, -0.25) is 4.79 Å². The molecule has 1 aromatic heterocycles. The van der Waals surface area contributed by atoms with Crippen molar-refractivity contribution in [3.05, 3.63) is 50.3 Å². The molecule has 0 unspecified atom stereocenters. The lowest BCUT2D eigenvalue weighted by atomic mass is 10.2. The predicted octanol–water partition coefficient (Wildman–Crippen LogP) is 3.34. The highest BCUT2D eigenvalue weighted by molar-refractivity contribution is 9.10. The third-order valence-electron chi connectivity index (χ3n) is 2.97. The summed E-state index contributed by atoms with van der Waals surface area (Å²) >= 11 is 10.4. The Hall–Kier alpha value is -0.930. The molecule has 0 atom stereocenters. The van der Waals surface area contributed by atoms with E-state index in [2.05, 4.69) is 21.2 Å². The molecule has 0 fully saturated rings. The maximum Gasteiger partial charge on any atom is 0.253 e. The molecular weight excluding hydrogens is 424 g/mol. The molecule has 1 aromatic carbocycles. The first kappa shape index (κ1) is 18.4. The SMILES string of the molecule is CN(C)S(=O)(=O)c1ccc(CNC(=O)c2ccc(Br)cc2Cl)s1. The summed E-state index contributed by atoms with van der Waals surface area (Å²) in [5.41, 5.74) is 0.368. The minimum atomic E-state index is -3.45. The van der Waals surface area contributed by atoms with Gasteiger partial charge in [-0.1, -0.05) is 27.5 Å². The Morgan fingerprint density at radius 1 is 1.30 bits per heavy atom. The molecule has 0 bridgehead atoms. The second kappa shape index (κ2) is 7.31. The monoisotopic (exact) mass is 436 g/mol. The average Bonchev–Trinajstić information content (AvgIpc) is 2.94. The highest BCUT2D eigenvalue weighted by atomic mass is 79.9. The quantitative estimate of drug-likeness (QED) is 0.780. The fraction of sp³-hybridized carbons (Fsp3) is 0.214. The topological polar surface area (TPSA) is 66.5 Å². The van der Waals surface area contributed by atoms with Crippen molar-refractivity contribution in [1.29, 1.82) is 0 Å². The Morgan fingerprint density at radius 2 is 2.00 bits per heavy atom. The summed E-state index contributed by atoms with van der Waals surface area (Å²) in [4.78, 5) is 12.9. The van der Waals surface area contributed by atoms with Crippen LogP contribution in [0.3, 0.4) is 0 Å². The van der Waals surface area contributed by atoms with Crippen LogP contribution in [0.1, 0.15) is 15.2 Å². The van der Waals surface area contributed by atoms with Gasteiger partial charge in [0, 0.05) is 23.4 Å². The molecule has 5 nitrogen and oxygen atoms in total. The maximum atomic E-state index is 12.1. The Kier molecular flexibility index (Phi) is 5.85. The van der Waals surface area contributed by atoms with Gasteiger partial charge in [-0.2, -0.15) is 0 Å². The van der Waals surface area contributed by atoms with E-state index >= 15 is 0 Å². The molecule has 0 saturated heterocycles. The molecule has 0 saturated carbocycles. The first-order valence-electron chi connectivity index (χ1n) is 6.46. The molecular formula is C14H14BrClN2O3S2. The predicted molar refractivity (Wildman–Crippen MR) is 95.5 cm³/mol. The molecule has 0 aliphatic rings. The highest BCUT2D eigenvalue weighted by Gasteiger charge is 2.19. The van der Waals surface area contributed by atoms with E-state index in [9.17, 15) is 13.2 Å². The van der Waals surface area contributed by atoms with Crippen LogP contribution in [0.4, 0.5) is 0 Å². The number of thiophene rings is 1. The number of halogens is 2. The number of carbonyl (C=O) groups is 1.